The Bertz CT molecular complexity index is 1100. The third-order valence-electron chi connectivity index (χ3n) is 5.48. The average Bonchev–Trinajstić information content (AvgIpc) is 2.80. The van der Waals surface area contributed by atoms with Gasteiger partial charge in [-0.3, -0.25) is 4.99 Å². The molecular weight excluding hydrogens is 338 g/mol. The van der Waals surface area contributed by atoms with Gasteiger partial charge in [-0.15, -0.1) is 0 Å². The molecule has 4 aromatic rings. The van der Waals surface area contributed by atoms with Crippen molar-refractivity contribution in [3.63, 3.8) is 0 Å². The fourth-order valence-electron chi connectivity index (χ4n) is 4.20. The predicted molar refractivity (Wildman–Crippen MR) is 116 cm³/mol. The summed E-state index contributed by atoms with van der Waals surface area (Å²) in [6, 6.07) is 40.7. The van der Waals surface area contributed by atoms with Gasteiger partial charge in [0.25, 0.3) is 0 Å². The molecular formula is C27H21N. The first-order chi connectivity index (χ1) is 13.9. The Kier molecular flexibility index (Phi) is 4.34. The maximum Gasteiger partial charge on any atom is 0.0865 e. The largest absolute Gasteiger partial charge is 0.275 e. The number of nitrogens with zero attached hydrogens (tertiary/aromatic N) is 1. The molecule has 4 aromatic carbocycles. The summed E-state index contributed by atoms with van der Waals surface area (Å²) in [6.45, 7) is 0. The molecule has 0 N–H and O–H groups in total. The van der Waals surface area contributed by atoms with Gasteiger partial charge in [0.1, 0.15) is 0 Å². The van der Waals surface area contributed by atoms with Crippen LogP contribution in [0.5, 0.6) is 0 Å². The highest BCUT2D eigenvalue weighted by molar-refractivity contribution is 6.14. The van der Waals surface area contributed by atoms with Crippen LogP contribution in [0.4, 0.5) is 0 Å². The molecule has 1 aliphatic rings. The van der Waals surface area contributed by atoms with Gasteiger partial charge in [0.05, 0.1) is 11.8 Å². The van der Waals surface area contributed by atoms with Gasteiger partial charge in [0, 0.05) is 17.0 Å². The molecule has 0 spiro atoms. The Morgan fingerprint density at radius 2 is 1.04 bits per heavy atom. The average molecular weight is 359 g/mol. The summed E-state index contributed by atoms with van der Waals surface area (Å²) in [5, 5.41) is 0. The molecule has 1 aliphatic heterocycles. The van der Waals surface area contributed by atoms with Crippen molar-refractivity contribution in [1.82, 2.24) is 0 Å². The lowest BCUT2D eigenvalue weighted by Crippen LogP contribution is -2.22. The van der Waals surface area contributed by atoms with E-state index in [4.69, 9.17) is 4.99 Å². The van der Waals surface area contributed by atoms with Crippen molar-refractivity contribution in [1.29, 1.82) is 0 Å². The molecule has 0 aliphatic carbocycles. The van der Waals surface area contributed by atoms with E-state index in [1.807, 2.05) is 0 Å². The summed E-state index contributed by atoms with van der Waals surface area (Å²) >= 11 is 0. The molecule has 2 atom stereocenters. The van der Waals surface area contributed by atoms with Crippen LogP contribution in [-0.2, 0) is 0 Å². The van der Waals surface area contributed by atoms with E-state index in [2.05, 4.69) is 115 Å². The number of benzene rings is 4. The fourth-order valence-corrected chi connectivity index (χ4v) is 4.20. The van der Waals surface area contributed by atoms with Crippen molar-refractivity contribution >= 4 is 5.71 Å². The minimum absolute atomic E-state index is 0.0497. The van der Waals surface area contributed by atoms with E-state index in [-0.39, 0.29) is 12.0 Å². The normalized spacial score (nSPS) is 18.2. The lowest BCUT2D eigenvalue weighted by Gasteiger charge is -2.33. The highest BCUT2D eigenvalue weighted by Crippen LogP contribution is 2.44. The van der Waals surface area contributed by atoms with Gasteiger partial charge in [-0.05, 0) is 16.7 Å². The van der Waals surface area contributed by atoms with Crippen LogP contribution in [0.3, 0.4) is 0 Å². The van der Waals surface area contributed by atoms with Crippen molar-refractivity contribution in [2.24, 2.45) is 4.99 Å². The first-order valence-electron chi connectivity index (χ1n) is 9.74. The van der Waals surface area contributed by atoms with E-state index in [1.165, 1.54) is 27.8 Å². The molecule has 0 aromatic heterocycles. The molecule has 5 rings (SSSR count). The lowest BCUT2D eigenvalue weighted by atomic mass is 9.76. The molecule has 1 heterocycles. The van der Waals surface area contributed by atoms with Crippen molar-refractivity contribution in [2.45, 2.75) is 12.0 Å². The smallest absolute Gasteiger partial charge is 0.0865 e. The van der Waals surface area contributed by atoms with E-state index in [1.54, 1.807) is 0 Å². The molecule has 1 heteroatoms. The number of fused-ring (bicyclic) bond motifs is 1. The summed E-state index contributed by atoms with van der Waals surface area (Å²) in [6.07, 6.45) is 0. The highest BCUT2D eigenvalue weighted by atomic mass is 14.8. The van der Waals surface area contributed by atoms with E-state index in [0.717, 1.165) is 5.71 Å². The maximum absolute atomic E-state index is 5.34. The zero-order valence-electron chi connectivity index (χ0n) is 15.6. The third-order valence-corrected chi connectivity index (χ3v) is 5.48. The Morgan fingerprint density at radius 3 is 1.71 bits per heavy atom. The minimum atomic E-state index is 0.0497. The van der Waals surface area contributed by atoms with E-state index < -0.39 is 0 Å². The van der Waals surface area contributed by atoms with Crippen LogP contribution in [-0.4, -0.2) is 5.71 Å². The molecule has 134 valence electrons. The lowest BCUT2D eigenvalue weighted by molar-refractivity contribution is 0.621. The zero-order chi connectivity index (χ0) is 18.8. The summed E-state index contributed by atoms with van der Waals surface area (Å²) in [5.74, 6) is 0.201. The fraction of sp³-hybridized carbons (Fsp3) is 0.0741. The van der Waals surface area contributed by atoms with Crippen LogP contribution >= 0.6 is 0 Å². The molecule has 0 unspecified atom stereocenters. The van der Waals surface area contributed by atoms with Crippen molar-refractivity contribution in [2.75, 3.05) is 0 Å². The van der Waals surface area contributed by atoms with Gasteiger partial charge < -0.3 is 0 Å². The van der Waals surface area contributed by atoms with Gasteiger partial charge in [-0.25, -0.2) is 0 Å². The molecule has 0 fully saturated rings. The number of hydrogen-bond donors (Lipinski definition) is 0. The highest BCUT2D eigenvalue weighted by Gasteiger charge is 2.33. The minimum Gasteiger partial charge on any atom is -0.275 e. The molecule has 0 amide bonds. The van der Waals surface area contributed by atoms with Crippen LogP contribution in [0.1, 0.15) is 39.8 Å². The number of hydrogen-bond acceptors (Lipinski definition) is 1. The van der Waals surface area contributed by atoms with Gasteiger partial charge in [-0.1, -0.05) is 115 Å². The number of rotatable bonds is 3. The quantitative estimate of drug-likeness (QED) is 0.401. The second-order valence-corrected chi connectivity index (χ2v) is 7.17. The third kappa shape index (κ3) is 2.95. The topological polar surface area (TPSA) is 12.4 Å². The van der Waals surface area contributed by atoms with Gasteiger partial charge in [0.2, 0.25) is 0 Å². The van der Waals surface area contributed by atoms with Crippen molar-refractivity contribution < 1.29 is 0 Å². The molecule has 1 nitrogen and oxygen atoms in total. The van der Waals surface area contributed by atoms with Gasteiger partial charge in [0.15, 0.2) is 0 Å². The van der Waals surface area contributed by atoms with Crippen LogP contribution in [0.2, 0.25) is 0 Å². The van der Waals surface area contributed by atoms with Crippen LogP contribution < -0.4 is 0 Å². The summed E-state index contributed by atoms with van der Waals surface area (Å²) in [4.78, 5) is 5.34. The zero-order valence-corrected chi connectivity index (χ0v) is 15.6. The van der Waals surface area contributed by atoms with Crippen molar-refractivity contribution in [3.8, 4) is 0 Å². The monoisotopic (exact) mass is 359 g/mol. The van der Waals surface area contributed by atoms with E-state index >= 15 is 0 Å². The first kappa shape index (κ1) is 16.7. The van der Waals surface area contributed by atoms with Crippen LogP contribution in [0.25, 0.3) is 0 Å². The molecule has 28 heavy (non-hydrogen) atoms. The summed E-state index contributed by atoms with van der Waals surface area (Å²) < 4.78 is 0. The second-order valence-electron chi connectivity index (χ2n) is 7.17. The standard InChI is InChI=1S/C27H21N/c1-4-12-20(13-5-1)25-23-18-10-11-19-24(23)26(21-14-6-2-7-15-21)28-27(25)22-16-8-3-9-17-22/h1-19,25,27H/t25-,27-/m1/s1. The second kappa shape index (κ2) is 7.28. The van der Waals surface area contributed by atoms with Gasteiger partial charge >= 0.3 is 0 Å². The molecule has 0 bridgehead atoms. The SMILES string of the molecule is c1ccc(C2=N[C@H](c3ccccc3)[C@H](c3ccccc3)c3ccccc32)cc1. The molecule has 0 saturated carbocycles. The number of aliphatic imine (C=N–C) groups is 1. The van der Waals surface area contributed by atoms with E-state index in [9.17, 15) is 0 Å². The van der Waals surface area contributed by atoms with Crippen LogP contribution in [0.15, 0.2) is 120 Å². The van der Waals surface area contributed by atoms with Crippen molar-refractivity contribution in [3.05, 3.63) is 143 Å². The predicted octanol–water partition coefficient (Wildman–Crippen LogP) is 6.41. The Hall–Kier alpha value is -3.45. The first-order valence-corrected chi connectivity index (χ1v) is 9.74. The Balaban J connectivity index is 1.77. The molecule has 0 saturated heterocycles. The summed E-state index contributed by atoms with van der Waals surface area (Å²) in [7, 11) is 0. The van der Waals surface area contributed by atoms with E-state index in [0.29, 0.717) is 0 Å². The maximum atomic E-state index is 5.34. The Labute approximate surface area is 166 Å². The Morgan fingerprint density at radius 1 is 0.500 bits per heavy atom. The van der Waals surface area contributed by atoms with Crippen LogP contribution in [0, 0.1) is 0 Å². The van der Waals surface area contributed by atoms with Gasteiger partial charge in [-0.2, -0.15) is 0 Å². The summed E-state index contributed by atoms with van der Waals surface area (Å²) in [5.41, 5.74) is 7.38. The molecule has 0 radical (unpaired) electrons.